The largest absolute Gasteiger partial charge is 0.481 e. The van der Waals surface area contributed by atoms with Crippen LogP contribution in [0.1, 0.15) is 39.0 Å². The van der Waals surface area contributed by atoms with Gasteiger partial charge in [-0.05, 0) is 25.7 Å². The predicted molar refractivity (Wildman–Crippen MR) is 71.6 cm³/mol. The lowest BCUT2D eigenvalue weighted by molar-refractivity contribution is -0.136. The third-order valence-electron chi connectivity index (χ3n) is 4.04. The highest BCUT2D eigenvalue weighted by Gasteiger charge is 2.41. The Morgan fingerprint density at radius 1 is 1.42 bits per heavy atom. The molecule has 0 amide bonds. The monoisotopic (exact) mass is 290 g/mol. The number of carbonyl (C=O) groups is 1. The van der Waals surface area contributed by atoms with Gasteiger partial charge in [-0.3, -0.25) is 9.00 Å². The van der Waals surface area contributed by atoms with Gasteiger partial charge in [0.1, 0.15) is 0 Å². The van der Waals surface area contributed by atoms with Crippen LogP contribution in [0, 0.1) is 0 Å². The van der Waals surface area contributed by atoms with Gasteiger partial charge in [-0.15, -0.1) is 0 Å². The van der Waals surface area contributed by atoms with Gasteiger partial charge in [0, 0.05) is 41.1 Å². The highest BCUT2D eigenvalue weighted by atomic mass is 32.2. The average molecular weight is 290 g/mol. The van der Waals surface area contributed by atoms with E-state index in [-0.39, 0.29) is 22.5 Å². The van der Waals surface area contributed by atoms with E-state index >= 15 is 0 Å². The molecule has 2 rings (SSSR count). The molecule has 2 fully saturated rings. The molecule has 5 nitrogen and oxygen atoms in total. The van der Waals surface area contributed by atoms with Crippen molar-refractivity contribution in [1.82, 2.24) is 0 Å². The van der Waals surface area contributed by atoms with Gasteiger partial charge >= 0.3 is 5.97 Å². The van der Waals surface area contributed by atoms with Gasteiger partial charge in [0.05, 0.1) is 12.0 Å². The summed E-state index contributed by atoms with van der Waals surface area (Å²) in [6.07, 6.45) is 3.22. The number of hydrogen-bond acceptors (Lipinski definition) is 4. The van der Waals surface area contributed by atoms with Crippen molar-refractivity contribution in [2.45, 2.75) is 55.1 Å². The van der Waals surface area contributed by atoms with Gasteiger partial charge in [0.25, 0.3) is 0 Å². The molecule has 19 heavy (non-hydrogen) atoms. The fraction of sp³-hybridized carbons (Fsp3) is 0.923. The molecule has 2 heterocycles. The van der Waals surface area contributed by atoms with Gasteiger partial charge in [0.15, 0.2) is 0 Å². The first-order chi connectivity index (χ1) is 9.02. The quantitative estimate of drug-likeness (QED) is 0.845. The fourth-order valence-electron chi connectivity index (χ4n) is 2.93. The van der Waals surface area contributed by atoms with Crippen molar-refractivity contribution in [3.05, 3.63) is 0 Å². The molecular weight excluding hydrogens is 268 g/mol. The summed E-state index contributed by atoms with van der Waals surface area (Å²) in [6.45, 7) is 3.78. The van der Waals surface area contributed by atoms with Crippen molar-refractivity contribution in [1.29, 1.82) is 0 Å². The fourth-order valence-corrected chi connectivity index (χ4v) is 4.69. The molecule has 2 aliphatic heterocycles. The molecule has 0 radical (unpaired) electrons. The second kappa shape index (κ2) is 6.33. The lowest BCUT2D eigenvalue weighted by atomic mass is 9.86. The Hall–Kier alpha value is -0.460. The second-order valence-electron chi connectivity index (χ2n) is 5.50. The van der Waals surface area contributed by atoms with Crippen LogP contribution in [0.2, 0.25) is 0 Å². The Morgan fingerprint density at radius 3 is 2.74 bits per heavy atom. The Balaban J connectivity index is 1.96. The first kappa shape index (κ1) is 14.9. The summed E-state index contributed by atoms with van der Waals surface area (Å²) < 4.78 is 23.7. The minimum absolute atomic E-state index is 0.0277. The zero-order chi connectivity index (χ0) is 13.9. The minimum Gasteiger partial charge on any atom is -0.481 e. The summed E-state index contributed by atoms with van der Waals surface area (Å²) in [7, 11) is -1.10. The van der Waals surface area contributed by atoms with Crippen molar-refractivity contribution in [3.63, 3.8) is 0 Å². The van der Waals surface area contributed by atoms with Crippen LogP contribution < -0.4 is 0 Å². The van der Waals surface area contributed by atoms with Gasteiger partial charge in [-0.25, -0.2) is 0 Å². The topological polar surface area (TPSA) is 72.8 Å². The molecule has 0 saturated carbocycles. The molecule has 0 aromatic heterocycles. The van der Waals surface area contributed by atoms with E-state index in [1.165, 1.54) is 0 Å². The van der Waals surface area contributed by atoms with E-state index in [4.69, 9.17) is 14.6 Å². The maximum atomic E-state index is 12.4. The van der Waals surface area contributed by atoms with Crippen molar-refractivity contribution in [2.24, 2.45) is 0 Å². The highest BCUT2D eigenvalue weighted by Crippen LogP contribution is 2.36. The summed E-state index contributed by atoms with van der Waals surface area (Å²) in [6, 6.07) is 0. The second-order valence-corrected chi connectivity index (χ2v) is 7.62. The first-order valence-corrected chi connectivity index (χ1v) is 8.13. The molecule has 0 aliphatic carbocycles. The minimum atomic E-state index is -1.10. The van der Waals surface area contributed by atoms with E-state index in [9.17, 15) is 9.00 Å². The molecule has 1 N–H and O–H groups in total. The zero-order valence-corrected chi connectivity index (χ0v) is 12.1. The maximum Gasteiger partial charge on any atom is 0.304 e. The molecule has 2 saturated heterocycles. The summed E-state index contributed by atoms with van der Waals surface area (Å²) in [5, 5.41) is 8.56. The van der Waals surface area contributed by atoms with Crippen LogP contribution >= 0.6 is 0 Å². The highest BCUT2D eigenvalue weighted by molar-refractivity contribution is 7.86. The number of carboxylic acids is 1. The van der Waals surface area contributed by atoms with Crippen molar-refractivity contribution >= 4 is 16.8 Å². The lowest BCUT2D eigenvalue weighted by Crippen LogP contribution is -2.47. The Labute approximate surface area is 116 Å². The van der Waals surface area contributed by atoms with Gasteiger partial charge < -0.3 is 14.6 Å². The Bertz CT molecular complexity index is 345. The zero-order valence-electron chi connectivity index (χ0n) is 11.3. The van der Waals surface area contributed by atoms with Crippen LogP contribution in [0.15, 0.2) is 0 Å². The maximum absolute atomic E-state index is 12.4. The Kier molecular flexibility index (Phi) is 4.97. The van der Waals surface area contributed by atoms with Crippen LogP contribution in [0.5, 0.6) is 0 Å². The lowest BCUT2D eigenvalue weighted by Gasteiger charge is -2.43. The normalized spacial score (nSPS) is 29.8. The van der Waals surface area contributed by atoms with E-state index in [1.807, 2.05) is 0 Å². The smallest absolute Gasteiger partial charge is 0.304 e. The van der Waals surface area contributed by atoms with Gasteiger partial charge in [-0.2, -0.15) is 0 Å². The first-order valence-electron chi connectivity index (χ1n) is 6.85. The summed E-state index contributed by atoms with van der Waals surface area (Å²) in [5.74, 6) is -0.881. The summed E-state index contributed by atoms with van der Waals surface area (Å²) in [5.41, 5.74) is -0.181. The van der Waals surface area contributed by atoms with E-state index in [0.717, 1.165) is 25.7 Å². The van der Waals surface area contributed by atoms with Crippen molar-refractivity contribution in [2.75, 3.05) is 19.8 Å². The van der Waals surface area contributed by atoms with E-state index in [1.54, 1.807) is 6.92 Å². The number of ether oxygens (including phenoxy) is 2. The SMILES string of the molecule is CC(CC(=O)O)S(=O)C1CCOC2(CCOCC2)C1. The van der Waals surface area contributed by atoms with Crippen molar-refractivity contribution < 1.29 is 23.6 Å². The molecule has 2 aliphatic rings. The summed E-state index contributed by atoms with van der Waals surface area (Å²) >= 11 is 0. The van der Waals surface area contributed by atoms with Crippen LogP contribution in [0.4, 0.5) is 0 Å². The van der Waals surface area contributed by atoms with Crippen LogP contribution in [0.3, 0.4) is 0 Å². The molecule has 0 aromatic rings. The third-order valence-corrected chi connectivity index (χ3v) is 6.06. The van der Waals surface area contributed by atoms with Crippen molar-refractivity contribution in [3.8, 4) is 0 Å². The molecule has 6 heteroatoms. The molecule has 0 bridgehead atoms. The molecule has 110 valence electrons. The molecule has 3 atom stereocenters. The molecule has 0 aromatic carbocycles. The predicted octanol–water partition coefficient (Wildman–Crippen LogP) is 1.33. The van der Waals surface area contributed by atoms with E-state index < -0.39 is 16.8 Å². The van der Waals surface area contributed by atoms with Crippen LogP contribution in [-0.2, 0) is 25.1 Å². The molecular formula is C13H22O5S. The summed E-state index contributed by atoms with van der Waals surface area (Å²) in [4.78, 5) is 10.7. The number of rotatable bonds is 4. The van der Waals surface area contributed by atoms with Gasteiger partial charge in [0.2, 0.25) is 0 Å². The number of hydrogen-bond donors (Lipinski definition) is 1. The average Bonchev–Trinajstić information content (AvgIpc) is 2.38. The van der Waals surface area contributed by atoms with Crippen LogP contribution in [0.25, 0.3) is 0 Å². The number of carboxylic acid groups (broad SMARTS) is 1. The van der Waals surface area contributed by atoms with Crippen LogP contribution in [-0.4, -0.2) is 51.2 Å². The standard InChI is InChI=1S/C13H22O5S/c1-10(8-12(14)15)19(16)11-2-5-18-13(9-11)3-6-17-7-4-13/h10-11H,2-9H2,1H3,(H,14,15). The third kappa shape index (κ3) is 3.77. The number of aliphatic carboxylic acids is 1. The molecule has 1 spiro atoms. The van der Waals surface area contributed by atoms with E-state index in [0.29, 0.717) is 19.8 Å². The Morgan fingerprint density at radius 2 is 2.11 bits per heavy atom. The molecule has 3 unspecified atom stereocenters. The van der Waals surface area contributed by atoms with E-state index in [2.05, 4.69) is 0 Å². The van der Waals surface area contributed by atoms with Gasteiger partial charge in [-0.1, -0.05) is 6.92 Å².